The van der Waals surface area contributed by atoms with Gasteiger partial charge in [-0.1, -0.05) is 36.4 Å². The molecular weight excluding hydrogens is 480 g/mol. The highest BCUT2D eigenvalue weighted by Crippen LogP contribution is 2.20. The molecule has 0 spiro atoms. The fourth-order valence-corrected chi connectivity index (χ4v) is 2.37. The fraction of sp³-hybridized carbons (Fsp3) is 0. The van der Waals surface area contributed by atoms with Gasteiger partial charge in [0.05, 0.1) is 22.3 Å². The first-order valence-electron chi connectivity index (χ1n) is 7.75. The van der Waals surface area contributed by atoms with Crippen LogP contribution in [0, 0.1) is 45.3 Å². The van der Waals surface area contributed by atoms with Crippen LogP contribution in [0.15, 0.2) is 81.7 Å². The van der Waals surface area contributed by atoms with E-state index < -0.39 is 0 Å². The van der Waals surface area contributed by atoms with Gasteiger partial charge in [-0.25, -0.2) is 0 Å². The number of benzene rings is 3. The van der Waals surface area contributed by atoms with Crippen LogP contribution in [0.5, 0.6) is 0 Å². The molecule has 0 N–H and O–H groups in total. The highest BCUT2D eigenvalue weighted by atomic mass is 79.9. The predicted octanol–water partition coefficient (Wildman–Crippen LogP) is 6.07. The second-order valence-electron chi connectivity index (χ2n) is 4.95. The molecule has 0 saturated carbocycles. The molecule has 3 rings (SSSR count). The molecule has 0 unspecified atom stereocenters. The summed E-state index contributed by atoms with van der Waals surface area (Å²) in [5, 5.41) is 33.8. The number of nitriles is 4. The largest absolute Gasteiger partial charge is 0.192 e. The Morgan fingerprint density at radius 3 is 0.821 bits per heavy atom. The Kier molecular flexibility index (Phi) is 10.4. The molecule has 0 saturated heterocycles. The number of nitrogens with zero attached hydrogens (tertiary/aromatic N) is 4. The lowest BCUT2D eigenvalue weighted by molar-refractivity contribution is 1.43. The van der Waals surface area contributed by atoms with Crippen LogP contribution in [-0.2, 0) is 0 Å². The van der Waals surface area contributed by atoms with E-state index in [1.54, 1.807) is 48.5 Å². The van der Waals surface area contributed by atoms with Crippen molar-refractivity contribution in [2.24, 2.45) is 0 Å². The summed E-state index contributed by atoms with van der Waals surface area (Å²) in [7, 11) is 0. The maximum absolute atomic E-state index is 8.45. The third kappa shape index (κ3) is 7.45. The van der Waals surface area contributed by atoms with E-state index in [4.69, 9.17) is 21.0 Å². The lowest BCUT2D eigenvalue weighted by Crippen LogP contribution is -1.79. The summed E-state index contributed by atoms with van der Waals surface area (Å²) >= 11 is 6.70. The minimum atomic E-state index is 0.435. The molecule has 0 aromatic heterocycles. The summed E-state index contributed by atoms with van der Waals surface area (Å²) in [5.41, 5.74) is 1.74. The summed E-state index contributed by atoms with van der Waals surface area (Å²) in [6.07, 6.45) is 0. The summed E-state index contributed by atoms with van der Waals surface area (Å²) in [4.78, 5) is 0. The maximum atomic E-state index is 8.45. The highest BCUT2D eigenvalue weighted by molar-refractivity contribution is 9.13. The molecule has 3 aromatic carbocycles. The van der Waals surface area contributed by atoms with Gasteiger partial charge in [0.2, 0.25) is 0 Å². The average Bonchev–Trinajstić information content (AvgIpc) is 2.76. The number of halogens is 2. The third-order valence-corrected chi connectivity index (χ3v) is 5.08. The van der Waals surface area contributed by atoms with Gasteiger partial charge >= 0.3 is 0 Å². The summed E-state index contributed by atoms with van der Waals surface area (Å²) in [6, 6.07) is 29.1. The Morgan fingerprint density at radius 1 is 0.429 bits per heavy atom. The first kappa shape index (κ1) is 22.6. The van der Waals surface area contributed by atoms with E-state index >= 15 is 0 Å². The highest BCUT2D eigenvalue weighted by Gasteiger charge is 1.96. The van der Waals surface area contributed by atoms with Gasteiger partial charge < -0.3 is 0 Å². The van der Waals surface area contributed by atoms with Gasteiger partial charge in [0.25, 0.3) is 0 Å². The Balaban J connectivity index is 0.000000212. The fourth-order valence-electron chi connectivity index (χ4n) is 1.80. The van der Waals surface area contributed by atoms with Crippen molar-refractivity contribution < 1.29 is 0 Å². The topological polar surface area (TPSA) is 95.2 Å². The van der Waals surface area contributed by atoms with Crippen LogP contribution < -0.4 is 0 Å². The van der Waals surface area contributed by atoms with Gasteiger partial charge in [-0.05, 0) is 68.3 Å². The molecule has 0 aliphatic carbocycles. The van der Waals surface area contributed by atoms with Gasteiger partial charge in [-0.2, -0.15) is 21.0 Å². The molecule has 0 aliphatic heterocycles. The molecule has 0 bridgehead atoms. The van der Waals surface area contributed by atoms with Gasteiger partial charge in [0.15, 0.2) is 0 Å². The van der Waals surface area contributed by atoms with Crippen molar-refractivity contribution in [1.82, 2.24) is 0 Å². The Labute approximate surface area is 180 Å². The second-order valence-corrected chi connectivity index (χ2v) is 6.66. The Morgan fingerprint density at radius 2 is 0.643 bits per heavy atom. The van der Waals surface area contributed by atoms with E-state index in [-0.39, 0.29) is 0 Å². The molecule has 3 aromatic rings. The quantitative estimate of drug-likeness (QED) is 0.381. The van der Waals surface area contributed by atoms with Gasteiger partial charge in [-0.15, -0.1) is 0 Å². The second kappa shape index (κ2) is 12.9. The van der Waals surface area contributed by atoms with Crippen LogP contribution in [0.1, 0.15) is 22.3 Å². The first-order chi connectivity index (χ1) is 13.6. The van der Waals surface area contributed by atoms with E-state index in [1.807, 2.05) is 48.5 Å². The van der Waals surface area contributed by atoms with Crippen molar-refractivity contribution in [3.8, 4) is 24.3 Å². The molecule has 0 atom stereocenters. The molecule has 0 aliphatic rings. The van der Waals surface area contributed by atoms with Crippen LogP contribution in [-0.4, -0.2) is 0 Å². The molecule has 0 heterocycles. The molecule has 0 radical (unpaired) electrons. The average molecular weight is 492 g/mol. The van der Waals surface area contributed by atoms with Crippen molar-refractivity contribution in [3.05, 3.63) is 104 Å². The molecule has 6 heteroatoms. The van der Waals surface area contributed by atoms with Crippen LogP contribution in [0.4, 0.5) is 0 Å². The van der Waals surface area contributed by atoms with Crippen LogP contribution in [0.3, 0.4) is 0 Å². The molecule has 28 heavy (non-hydrogen) atoms. The van der Waals surface area contributed by atoms with E-state index in [0.717, 1.165) is 8.95 Å². The lowest BCUT2D eigenvalue weighted by Gasteiger charge is -1.89. The zero-order valence-corrected chi connectivity index (χ0v) is 17.6. The van der Waals surface area contributed by atoms with Gasteiger partial charge in [-0.3, -0.25) is 0 Å². The first-order valence-corrected chi connectivity index (χ1v) is 9.34. The predicted molar refractivity (Wildman–Crippen MR) is 114 cm³/mol. The minimum absolute atomic E-state index is 0.435. The standard InChI is InChI=1S/2C8H4N2.C6H4Br2/c2*9-5-7-3-1-2-4-8(7)6-10;7-5-3-1-2-4-6(5)8/h2*1-4H;1-4H. The zero-order chi connectivity index (χ0) is 20.8. The monoisotopic (exact) mass is 490 g/mol. The van der Waals surface area contributed by atoms with E-state index in [9.17, 15) is 0 Å². The lowest BCUT2D eigenvalue weighted by atomic mass is 10.1. The molecule has 0 fully saturated rings. The zero-order valence-electron chi connectivity index (χ0n) is 14.5. The summed E-state index contributed by atoms with van der Waals surface area (Å²) in [6.45, 7) is 0. The maximum Gasteiger partial charge on any atom is 0.101 e. The van der Waals surface area contributed by atoms with Gasteiger partial charge in [0, 0.05) is 8.95 Å². The number of hydrogen-bond donors (Lipinski definition) is 0. The van der Waals surface area contributed by atoms with E-state index in [1.165, 1.54) is 0 Å². The van der Waals surface area contributed by atoms with Crippen LogP contribution in [0.25, 0.3) is 0 Å². The Hall–Kier alpha value is -3.42. The summed E-state index contributed by atoms with van der Waals surface area (Å²) < 4.78 is 2.19. The third-order valence-electron chi connectivity index (χ3n) is 3.16. The van der Waals surface area contributed by atoms with Crippen LogP contribution >= 0.6 is 31.9 Å². The minimum Gasteiger partial charge on any atom is -0.192 e. The van der Waals surface area contributed by atoms with E-state index in [2.05, 4.69) is 31.9 Å². The van der Waals surface area contributed by atoms with Crippen LogP contribution in [0.2, 0.25) is 0 Å². The number of rotatable bonds is 0. The van der Waals surface area contributed by atoms with Crippen molar-refractivity contribution in [1.29, 1.82) is 21.0 Å². The van der Waals surface area contributed by atoms with Gasteiger partial charge in [0.1, 0.15) is 24.3 Å². The normalized spacial score (nSPS) is 8.21. The van der Waals surface area contributed by atoms with Crippen molar-refractivity contribution in [2.45, 2.75) is 0 Å². The van der Waals surface area contributed by atoms with Crippen molar-refractivity contribution in [3.63, 3.8) is 0 Å². The number of hydrogen-bond acceptors (Lipinski definition) is 4. The summed E-state index contributed by atoms with van der Waals surface area (Å²) in [5.74, 6) is 0. The SMILES string of the molecule is Brc1ccccc1Br.N#Cc1ccccc1C#N.N#Cc1ccccc1C#N. The molecular formula is C22H12Br2N4. The Bertz CT molecular complexity index is 942. The molecule has 4 nitrogen and oxygen atoms in total. The van der Waals surface area contributed by atoms with Crippen molar-refractivity contribution in [2.75, 3.05) is 0 Å². The molecule has 0 amide bonds. The van der Waals surface area contributed by atoms with E-state index in [0.29, 0.717) is 22.3 Å². The van der Waals surface area contributed by atoms with Crippen molar-refractivity contribution >= 4 is 31.9 Å². The molecule has 134 valence electrons. The smallest absolute Gasteiger partial charge is 0.101 e.